The molecular weight excluding hydrogens is 335 g/mol. The van der Waals surface area contributed by atoms with Crippen molar-refractivity contribution in [3.8, 4) is 5.75 Å². The molecular formula is C22H32ClFO. The quantitative estimate of drug-likeness (QED) is 0.528. The van der Waals surface area contributed by atoms with Crippen molar-refractivity contribution in [2.24, 2.45) is 17.8 Å². The van der Waals surface area contributed by atoms with Crippen LogP contribution in [0.2, 0.25) is 5.02 Å². The fraction of sp³-hybridized carbons (Fsp3) is 0.727. The maximum atomic E-state index is 14.4. The summed E-state index contributed by atoms with van der Waals surface area (Å²) in [6.07, 6.45) is 11.9. The number of ether oxygens (including phenoxy) is 1. The number of hydrogen-bond acceptors (Lipinski definition) is 1. The summed E-state index contributed by atoms with van der Waals surface area (Å²) >= 11 is 6.33. The van der Waals surface area contributed by atoms with Crippen LogP contribution in [-0.4, -0.2) is 6.61 Å². The maximum Gasteiger partial charge on any atom is 0.183 e. The first-order chi connectivity index (χ1) is 12.1. The molecule has 0 radical (unpaired) electrons. The van der Waals surface area contributed by atoms with Crippen LogP contribution in [0.5, 0.6) is 5.75 Å². The molecule has 0 aromatic heterocycles. The lowest BCUT2D eigenvalue weighted by atomic mass is 9.68. The average Bonchev–Trinajstić information content (AvgIpc) is 2.66. The first-order valence-electron chi connectivity index (χ1n) is 10.2. The van der Waals surface area contributed by atoms with Gasteiger partial charge in [0.25, 0.3) is 0 Å². The second kappa shape index (κ2) is 8.75. The predicted molar refractivity (Wildman–Crippen MR) is 103 cm³/mol. The van der Waals surface area contributed by atoms with Crippen LogP contribution < -0.4 is 4.74 Å². The normalized spacial score (nSPS) is 30.2. The van der Waals surface area contributed by atoms with Crippen molar-refractivity contribution >= 4 is 11.6 Å². The Balaban J connectivity index is 1.58. The van der Waals surface area contributed by atoms with E-state index in [4.69, 9.17) is 16.3 Å². The summed E-state index contributed by atoms with van der Waals surface area (Å²) in [5.74, 6) is 3.06. The van der Waals surface area contributed by atoms with Gasteiger partial charge in [-0.05, 0) is 80.8 Å². The van der Waals surface area contributed by atoms with E-state index in [-0.39, 0.29) is 16.6 Å². The number of hydrogen-bond donors (Lipinski definition) is 0. The summed E-state index contributed by atoms with van der Waals surface area (Å²) in [4.78, 5) is 0. The van der Waals surface area contributed by atoms with Crippen LogP contribution in [0.1, 0.15) is 83.1 Å². The zero-order valence-electron chi connectivity index (χ0n) is 15.7. The molecule has 0 bridgehead atoms. The van der Waals surface area contributed by atoms with Gasteiger partial charge in [-0.25, -0.2) is 4.39 Å². The molecule has 0 spiro atoms. The third-order valence-corrected chi connectivity index (χ3v) is 7.11. The third-order valence-electron chi connectivity index (χ3n) is 6.72. The highest BCUT2D eigenvalue weighted by Gasteiger charge is 2.32. The molecule has 0 amide bonds. The monoisotopic (exact) mass is 366 g/mol. The molecule has 140 valence electrons. The van der Waals surface area contributed by atoms with E-state index in [1.165, 1.54) is 44.9 Å². The Morgan fingerprint density at radius 1 is 0.960 bits per heavy atom. The minimum atomic E-state index is -0.388. The van der Waals surface area contributed by atoms with E-state index >= 15 is 0 Å². The van der Waals surface area contributed by atoms with Gasteiger partial charge in [-0.15, -0.1) is 0 Å². The second-order valence-electron chi connectivity index (χ2n) is 8.01. The molecule has 2 saturated carbocycles. The number of benzene rings is 1. The Bertz CT molecular complexity index is 557. The van der Waals surface area contributed by atoms with Crippen LogP contribution in [0.3, 0.4) is 0 Å². The zero-order chi connectivity index (χ0) is 17.8. The van der Waals surface area contributed by atoms with Crippen molar-refractivity contribution in [3.05, 3.63) is 28.5 Å². The highest BCUT2D eigenvalue weighted by molar-refractivity contribution is 6.31. The van der Waals surface area contributed by atoms with Crippen molar-refractivity contribution in [3.63, 3.8) is 0 Å². The van der Waals surface area contributed by atoms with Crippen LogP contribution in [0.15, 0.2) is 12.1 Å². The molecule has 3 heteroatoms. The Hall–Kier alpha value is -0.760. The number of halogens is 2. The molecule has 25 heavy (non-hydrogen) atoms. The van der Waals surface area contributed by atoms with E-state index in [1.54, 1.807) is 6.07 Å². The van der Waals surface area contributed by atoms with Crippen LogP contribution in [-0.2, 0) is 0 Å². The summed E-state index contributed by atoms with van der Waals surface area (Å²) in [7, 11) is 0. The fourth-order valence-corrected chi connectivity index (χ4v) is 5.41. The second-order valence-corrected chi connectivity index (χ2v) is 8.39. The molecule has 1 aromatic carbocycles. The van der Waals surface area contributed by atoms with Crippen LogP contribution in [0.4, 0.5) is 4.39 Å². The van der Waals surface area contributed by atoms with Crippen molar-refractivity contribution < 1.29 is 9.13 Å². The lowest BCUT2D eigenvalue weighted by Crippen LogP contribution is -2.25. The summed E-state index contributed by atoms with van der Waals surface area (Å²) in [5, 5.41) is 0.276. The van der Waals surface area contributed by atoms with Gasteiger partial charge in [-0.2, -0.15) is 0 Å². The number of rotatable bonds is 5. The summed E-state index contributed by atoms with van der Waals surface area (Å²) in [6.45, 7) is 4.64. The van der Waals surface area contributed by atoms with Crippen LogP contribution in [0, 0.1) is 23.6 Å². The molecule has 2 aliphatic rings. The van der Waals surface area contributed by atoms with E-state index < -0.39 is 0 Å². The molecule has 0 heterocycles. The van der Waals surface area contributed by atoms with Gasteiger partial charge in [0.15, 0.2) is 11.6 Å². The van der Waals surface area contributed by atoms with Gasteiger partial charge in [0, 0.05) is 0 Å². The SMILES string of the molecule is CCOc1ccc(C2CCC(C3CCC(CC)CC3)CC2)c(Cl)c1F. The van der Waals surface area contributed by atoms with E-state index in [9.17, 15) is 4.39 Å². The highest BCUT2D eigenvalue weighted by atomic mass is 35.5. The molecule has 1 aromatic rings. The predicted octanol–water partition coefficient (Wildman–Crippen LogP) is 7.37. The van der Waals surface area contributed by atoms with Crippen molar-refractivity contribution in [2.45, 2.75) is 77.6 Å². The smallest absolute Gasteiger partial charge is 0.183 e. The van der Waals surface area contributed by atoms with E-state index in [1.807, 2.05) is 13.0 Å². The minimum absolute atomic E-state index is 0.276. The first-order valence-corrected chi connectivity index (χ1v) is 10.6. The lowest BCUT2D eigenvalue weighted by molar-refractivity contribution is 0.158. The van der Waals surface area contributed by atoms with Crippen LogP contribution >= 0.6 is 11.6 Å². The van der Waals surface area contributed by atoms with Gasteiger partial charge in [0.1, 0.15) is 0 Å². The Morgan fingerprint density at radius 2 is 1.56 bits per heavy atom. The summed E-state index contributed by atoms with van der Waals surface area (Å²) < 4.78 is 19.7. The van der Waals surface area contributed by atoms with Crippen molar-refractivity contribution in [1.29, 1.82) is 0 Å². The van der Waals surface area contributed by atoms with Crippen LogP contribution in [0.25, 0.3) is 0 Å². The Morgan fingerprint density at radius 3 is 2.12 bits per heavy atom. The zero-order valence-corrected chi connectivity index (χ0v) is 16.5. The fourth-order valence-electron chi connectivity index (χ4n) is 5.10. The largest absolute Gasteiger partial charge is 0.491 e. The molecule has 2 fully saturated rings. The average molecular weight is 367 g/mol. The van der Waals surface area contributed by atoms with Gasteiger partial charge in [0.05, 0.1) is 11.6 Å². The molecule has 2 aliphatic carbocycles. The molecule has 0 N–H and O–H groups in total. The Kier molecular flexibility index (Phi) is 6.66. The lowest BCUT2D eigenvalue weighted by Gasteiger charge is -2.38. The summed E-state index contributed by atoms with van der Waals surface area (Å²) in [5.41, 5.74) is 0.982. The summed E-state index contributed by atoms with van der Waals surface area (Å²) in [6, 6.07) is 3.73. The molecule has 0 saturated heterocycles. The minimum Gasteiger partial charge on any atom is -0.491 e. The van der Waals surface area contributed by atoms with Crippen molar-refractivity contribution in [1.82, 2.24) is 0 Å². The highest BCUT2D eigenvalue weighted by Crippen LogP contribution is 2.46. The van der Waals surface area contributed by atoms with Crippen molar-refractivity contribution in [2.75, 3.05) is 6.61 Å². The van der Waals surface area contributed by atoms with Gasteiger partial charge in [0.2, 0.25) is 0 Å². The van der Waals surface area contributed by atoms with Gasteiger partial charge in [-0.1, -0.05) is 43.9 Å². The van der Waals surface area contributed by atoms with Gasteiger partial charge >= 0.3 is 0 Å². The first kappa shape index (κ1) is 19.0. The molecule has 0 unspecified atom stereocenters. The molecule has 3 rings (SSSR count). The van der Waals surface area contributed by atoms with E-state index in [2.05, 4.69) is 6.92 Å². The topological polar surface area (TPSA) is 9.23 Å². The molecule has 0 aliphatic heterocycles. The standard InChI is InChI=1S/C22H32ClFO/c1-3-15-5-7-16(8-6-15)17-9-11-18(12-10-17)19-13-14-20(25-4-2)22(24)21(19)23/h13-18H,3-12H2,1-2H3. The van der Waals surface area contributed by atoms with E-state index in [0.29, 0.717) is 12.5 Å². The van der Waals surface area contributed by atoms with E-state index in [0.717, 1.165) is 36.2 Å². The molecule has 0 atom stereocenters. The van der Waals surface area contributed by atoms with Gasteiger partial charge in [-0.3, -0.25) is 0 Å². The van der Waals surface area contributed by atoms with Gasteiger partial charge < -0.3 is 4.74 Å². The maximum absolute atomic E-state index is 14.4. The molecule has 1 nitrogen and oxygen atoms in total. The third kappa shape index (κ3) is 4.32. The Labute approximate surface area is 157 Å².